The number of carbonyl (C=O) groups excluding carboxylic acids is 1. The van der Waals surface area contributed by atoms with Crippen molar-refractivity contribution < 1.29 is 14.3 Å². The average molecular weight is 254 g/mol. The molecule has 3 nitrogen and oxygen atoms in total. The minimum atomic E-state index is -0.279. The SMILES string of the molecule is COc1ccccc1C1CC(=O)c2ccccc2O1. The Hall–Kier alpha value is -2.29. The van der Waals surface area contributed by atoms with Crippen molar-refractivity contribution >= 4 is 5.78 Å². The van der Waals surface area contributed by atoms with Gasteiger partial charge in [0.1, 0.15) is 17.6 Å². The van der Waals surface area contributed by atoms with Gasteiger partial charge in [-0.05, 0) is 18.2 Å². The van der Waals surface area contributed by atoms with E-state index in [1.54, 1.807) is 13.2 Å². The van der Waals surface area contributed by atoms with Gasteiger partial charge in [0, 0.05) is 5.56 Å². The van der Waals surface area contributed by atoms with Crippen LogP contribution in [0.15, 0.2) is 48.5 Å². The maximum Gasteiger partial charge on any atom is 0.170 e. The molecule has 0 aromatic heterocycles. The molecule has 1 aliphatic heterocycles. The summed E-state index contributed by atoms with van der Waals surface area (Å²) in [6.45, 7) is 0. The van der Waals surface area contributed by atoms with Crippen molar-refractivity contribution in [2.45, 2.75) is 12.5 Å². The van der Waals surface area contributed by atoms with E-state index >= 15 is 0 Å². The lowest BCUT2D eigenvalue weighted by molar-refractivity contribution is 0.0847. The first-order valence-electron chi connectivity index (χ1n) is 6.21. The van der Waals surface area contributed by atoms with E-state index in [1.807, 2.05) is 42.5 Å². The number of benzene rings is 2. The smallest absolute Gasteiger partial charge is 0.170 e. The molecule has 2 aromatic carbocycles. The van der Waals surface area contributed by atoms with Gasteiger partial charge in [-0.3, -0.25) is 4.79 Å². The highest BCUT2D eigenvalue weighted by Gasteiger charge is 2.28. The fourth-order valence-corrected chi connectivity index (χ4v) is 2.38. The van der Waals surface area contributed by atoms with Crippen LogP contribution in [0.25, 0.3) is 0 Å². The summed E-state index contributed by atoms with van der Waals surface area (Å²) >= 11 is 0. The molecule has 0 aliphatic carbocycles. The van der Waals surface area contributed by atoms with Gasteiger partial charge in [-0.25, -0.2) is 0 Å². The Labute approximate surface area is 111 Å². The molecule has 1 heterocycles. The number of ketones is 1. The number of fused-ring (bicyclic) bond motifs is 1. The van der Waals surface area contributed by atoms with Crippen LogP contribution >= 0.6 is 0 Å². The van der Waals surface area contributed by atoms with Crippen LogP contribution in [-0.4, -0.2) is 12.9 Å². The Morgan fingerprint density at radius 1 is 1.11 bits per heavy atom. The molecule has 1 unspecified atom stereocenters. The third-order valence-electron chi connectivity index (χ3n) is 3.31. The summed E-state index contributed by atoms with van der Waals surface area (Å²) < 4.78 is 11.3. The normalized spacial score (nSPS) is 17.5. The zero-order valence-corrected chi connectivity index (χ0v) is 10.6. The summed E-state index contributed by atoms with van der Waals surface area (Å²) in [6.07, 6.45) is 0.0655. The van der Waals surface area contributed by atoms with Gasteiger partial charge in [0.15, 0.2) is 5.78 Å². The van der Waals surface area contributed by atoms with Crippen LogP contribution in [0.5, 0.6) is 11.5 Å². The van der Waals surface area contributed by atoms with Crippen molar-refractivity contribution in [3.05, 3.63) is 59.7 Å². The number of methoxy groups -OCH3 is 1. The fraction of sp³-hybridized carbons (Fsp3) is 0.188. The van der Waals surface area contributed by atoms with Crippen LogP contribution in [0.4, 0.5) is 0 Å². The average Bonchev–Trinajstić information content (AvgIpc) is 2.47. The lowest BCUT2D eigenvalue weighted by atomic mass is 9.96. The van der Waals surface area contributed by atoms with Gasteiger partial charge in [0.05, 0.1) is 19.1 Å². The molecule has 0 spiro atoms. The maximum absolute atomic E-state index is 12.1. The quantitative estimate of drug-likeness (QED) is 0.824. The third-order valence-corrected chi connectivity index (χ3v) is 3.31. The van der Waals surface area contributed by atoms with E-state index < -0.39 is 0 Å². The predicted molar refractivity (Wildman–Crippen MR) is 71.8 cm³/mol. The van der Waals surface area contributed by atoms with Gasteiger partial charge >= 0.3 is 0 Å². The first kappa shape index (κ1) is 11.8. The zero-order chi connectivity index (χ0) is 13.2. The van der Waals surface area contributed by atoms with Crippen LogP contribution in [-0.2, 0) is 0 Å². The number of hydrogen-bond donors (Lipinski definition) is 0. The number of rotatable bonds is 2. The van der Waals surface area contributed by atoms with Crippen molar-refractivity contribution in [3.8, 4) is 11.5 Å². The second-order valence-corrected chi connectivity index (χ2v) is 4.47. The molecule has 3 rings (SSSR count). The molecular weight excluding hydrogens is 240 g/mol. The van der Waals surface area contributed by atoms with E-state index in [-0.39, 0.29) is 11.9 Å². The van der Waals surface area contributed by atoms with E-state index in [4.69, 9.17) is 9.47 Å². The van der Waals surface area contributed by atoms with E-state index in [9.17, 15) is 4.79 Å². The monoisotopic (exact) mass is 254 g/mol. The van der Waals surface area contributed by atoms with Gasteiger partial charge in [-0.1, -0.05) is 30.3 Å². The molecule has 1 atom stereocenters. The number of Topliss-reactive ketones (excluding diaryl/α,β-unsaturated/α-hetero) is 1. The molecule has 1 aliphatic rings. The van der Waals surface area contributed by atoms with E-state index in [1.165, 1.54) is 0 Å². The number of carbonyl (C=O) groups is 1. The number of para-hydroxylation sites is 2. The van der Waals surface area contributed by atoms with Crippen LogP contribution in [0, 0.1) is 0 Å². The van der Waals surface area contributed by atoms with E-state index in [2.05, 4.69) is 0 Å². The van der Waals surface area contributed by atoms with Crippen molar-refractivity contribution in [1.82, 2.24) is 0 Å². The van der Waals surface area contributed by atoms with Gasteiger partial charge in [-0.15, -0.1) is 0 Å². The van der Waals surface area contributed by atoms with E-state index in [0.717, 1.165) is 11.3 Å². The highest BCUT2D eigenvalue weighted by molar-refractivity contribution is 6.00. The molecular formula is C16H14O3. The lowest BCUT2D eigenvalue weighted by Gasteiger charge is -2.26. The summed E-state index contributed by atoms with van der Waals surface area (Å²) in [4.78, 5) is 12.1. The Balaban J connectivity index is 1.99. The number of hydrogen-bond acceptors (Lipinski definition) is 3. The van der Waals surface area contributed by atoms with E-state index in [0.29, 0.717) is 17.7 Å². The van der Waals surface area contributed by atoms with Crippen molar-refractivity contribution in [1.29, 1.82) is 0 Å². The Bertz CT molecular complexity index is 619. The van der Waals surface area contributed by atoms with Gasteiger partial charge in [-0.2, -0.15) is 0 Å². The standard InChI is InChI=1S/C16H14O3/c1-18-14-8-4-3-7-12(14)16-10-13(17)11-6-2-5-9-15(11)19-16/h2-9,16H,10H2,1H3. The van der Waals surface area contributed by atoms with Crippen LogP contribution < -0.4 is 9.47 Å². The highest BCUT2D eigenvalue weighted by atomic mass is 16.5. The van der Waals surface area contributed by atoms with Crippen LogP contribution in [0.3, 0.4) is 0 Å². The zero-order valence-electron chi connectivity index (χ0n) is 10.6. The van der Waals surface area contributed by atoms with Gasteiger partial charge < -0.3 is 9.47 Å². The lowest BCUT2D eigenvalue weighted by Crippen LogP contribution is -2.20. The molecule has 0 fully saturated rings. The van der Waals surface area contributed by atoms with Gasteiger partial charge in [0.2, 0.25) is 0 Å². The van der Waals surface area contributed by atoms with Crippen molar-refractivity contribution in [2.24, 2.45) is 0 Å². The molecule has 0 amide bonds. The first-order chi connectivity index (χ1) is 9.29. The third kappa shape index (κ3) is 2.08. The minimum Gasteiger partial charge on any atom is -0.496 e. The Kier molecular flexibility index (Phi) is 2.95. The Morgan fingerprint density at radius 3 is 2.68 bits per heavy atom. The molecule has 0 saturated heterocycles. The second kappa shape index (κ2) is 4.76. The molecule has 96 valence electrons. The molecule has 2 aromatic rings. The largest absolute Gasteiger partial charge is 0.496 e. The summed E-state index contributed by atoms with van der Waals surface area (Å²) in [7, 11) is 1.62. The molecule has 3 heteroatoms. The number of ether oxygens (including phenoxy) is 2. The van der Waals surface area contributed by atoms with Crippen LogP contribution in [0.1, 0.15) is 28.4 Å². The fourth-order valence-electron chi connectivity index (χ4n) is 2.38. The summed E-state index contributed by atoms with van der Waals surface area (Å²) in [5.41, 5.74) is 1.57. The van der Waals surface area contributed by atoms with Gasteiger partial charge in [0.25, 0.3) is 0 Å². The molecule has 19 heavy (non-hydrogen) atoms. The Morgan fingerprint density at radius 2 is 1.84 bits per heavy atom. The summed E-state index contributed by atoms with van der Waals surface area (Å²) in [6, 6.07) is 15.0. The maximum atomic E-state index is 12.1. The highest BCUT2D eigenvalue weighted by Crippen LogP contribution is 2.37. The summed E-state index contributed by atoms with van der Waals surface area (Å²) in [5.74, 6) is 1.51. The first-order valence-corrected chi connectivity index (χ1v) is 6.21. The second-order valence-electron chi connectivity index (χ2n) is 4.47. The molecule has 0 radical (unpaired) electrons. The van der Waals surface area contributed by atoms with Crippen LogP contribution in [0.2, 0.25) is 0 Å². The van der Waals surface area contributed by atoms with Crippen molar-refractivity contribution in [2.75, 3.05) is 7.11 Å². The topological polar surface area (TPSA) is 35.5 Å². The molecule has 0 N–H and O–H groups in total. The van der Waals surface area contributed by atoms with Crippen molar-refractivity contribution in [3.63, 3.8) is 0 Å². The molecule has 0 bridgehead atoms. The minimum absolute atomic E-state index is 0.109. The molecule has 0 saturated carbocycles. The predicted octanol–water partition coefficient (Wildman–Crippen LogP) is 3.40. The summed E-state index contributed by atoms with van der Waals surface area (Å²) in [5, 5.41) is 0.